The van der Waals surface area contributed by atoms with Gasteiger partial charge in [-0.2, -0.15) is 0 Å². The van der Waals surface area contributed by atoms with Crippen molar-refractivity contribution in [3.63, 3.8) is 0 Å². The van der Waals surface area contributed by atoms with E-state index in [4.69, 9.17) is 16.7 Å². The molecule has 1 rings (SSSR count). The van der Waals surface area contributed by atoms with Gasteiger partial charge >= 0.3 is 0 Å². The van der Waals surface area contributed by atoms with E-state index >= 15 is 0 Å². The standard InChI is InChI=1S/C7H8ClF2N3O2/c8-4-5(12-3-13-6(4)15)11-1-7(9,10)2-14/h3,14H,1-2H2,(H2,11,12,13,15). The molecule has 8 heteroatoms. The molecule has 0 amide bonds. The van der Waals surface area contributed by atoms with Gasteiger partial charge in [-0.3, -0.25) is 4.79 Å². The first-order valence-corrected chi connectivity index (χ1v) is 4.30. The van der Waals surface area contributed by atoms with Crippen LogP contribution >= 0.6 is 11.6 Å². The van der Waals surface area contributed by atoms with Gasteiger partial charge in [0.25, 0.3) is 11.5 Å². The van der Waals surface area contributed by atoms with Crippen molar-refractivity contribution in [2.24, 2.45) is 0 Å². The minimum Gasteiger partial charge on any atom is -0.390 e. The van der Waals surface area contributed by atoms with E-state index in [9.17, 15) is 13.6 Å². The highest BCUT2D eigenvalue weighted by molar-refractivity contribution is 6.32. The number of hydrogen-bond acceptors (Lipinski definition) is 4. The van der Waals surface area contributed by atoms with E-state index in [1.54, 1.807) is 0 Å². The molecule has 0 atom stereocenters. The molecular weight excluding hydrogens is 232 g/mol. The molecule has 5 nitrogen and oxygen atoms in total. The Hall–Kier alpha value is -1.21. The molecule has 0 aliphatic rings. The summed E-state index contributed by atoms with van der Waals surface area (Å²) < 4.78 is 25.2. The van der Waals surface area contributed by atoms with E-state index < -0.39 is 24.6 Å². The minimum atomic E-state index is -3.28. The third kappa shape index (κ3) is 3.14. The summed E-state index contributed by atoms with van der Waals surface area (Å²) in [4.78, 5) is 16.7. The monoisotopic (exact) mass is 239 g/mol. The van der Waals surface area contributed by atoms with Crippen LogP contribution < -0.4 is 10.9 Å². The normalized spacial score (nSPS) is 11.5. The molecule has 3 N–H and O–H groups in total. The fourth-order valence-electron chi connectivity index (χ4n) is 0.775. The Morgan fingerprint density at radius 1 is 1.67 bits per heavy atom. The molecule has 0 aliphatic carbocycles. The van der Waals surface area contributed by atoms with Gasteiger partial charge in [-0.15, -0.1) is 0 Å². The van der Waals surface area contributed by atoms with E-state index in [2.05, 4.69) is 15.3 Å². The van der Waals surface area contributed by atoms with Gasteiger partial charge in [0.2, 0.25) is 0 Å². The number of aromatic nitrogens is 2. The summed E-state index contributed by atoms with van der Waals surface area (Å²) in [5.41, 5.74) is -0.624. The molecule has 0 fully saturated rings. The number of aromatic amines is 1. The number of aliphatic hydroxyl groups excluding tert-OH is 1. The van der Waals surface area contributed by atoms with Crippen LogP contribution in [0, 0.1) is 0 Å². The predicted molar refractivity (Wildman–Crippen MR) is 50.4 cm³/mol. The smallest absolute Gasteiger partial charge is 0.287 e. The first kappa shape index (κ1) is 11.9. The predicted octanol–water partition coefficient (Wildman–Crippen LogP) is 0.463. The highest BCUT2D eigenvalue weighted by Gasteiger charge is 2.27. The summed E-state index contributed by atoms with van der Waals surface area (Å²) in [6.45, 7) is -2.14. The van der Waals surface area contributed by atoms with Crippen molar-refractivity contribution in [1.82, 2.24) is 9.97 Å². The third-order valence-electron chi connectivity index (χ3n) is 1.54. The molecule has 15 heavy (non-hydrogen) atoms. The number of anilines is 1. The second-order valence-corrected chi connectivity index (χ2v) is 3.14. The largest absolute Gasteiger partial charge is 0.390 e. The maximum Gasteiger partial charge on any atom is 0.287 e. The first-order valence-electron chi connectivity index (χ1n) is 3.92. The number of H-pyrrole nitrogens is 1. The maximum atomic E-state index is 12.6. The Bertz CT molecular complexity index is 396. The lowest BCUT2D eigenvalue weighted by molar-refractivity contribution is -0.0373. The van der Waals surface area contributed by atoms with Crippen LogP contribution in [0.25, 0.3) is 0 Å². The Kier molecular flexibility index (Phi) is 3.59. The van der Waals surface area contributed by atoms with Crippen molar-refractivity contribution < 1.29 is 13.9 Å². The summed E-state index contributed by atoms with van der Waals surface area (Å²) in [6.07, 6.45) is 1.04. The summed E-state index contributed by atoms with van der Waals surface area (Å²) in [6, 6.07) is 0. The Balaban J connectivity index is 2.74. The second kappa shape index (κ2) is 4.54. The lowest BCUT2D eigenvalue weighted by Crippen LogP contribution is -2.31. The van der Waals surface area contributed by atoms with Crippen LogP contribution in [-0.2, 0) is 0 Å². The first-order chi connectivity index (χ1) is 6.96. The topological polar surface area (TPSA) is 78.0 Å². The molecule has 0 bridgehead atoms. The molecule has 1 aromatic rings. The van der Waals surface area contributed by atoms with Crippen LogP contribution in [0.4, 0.5) is 14.6 Å². The number of nitrogens with zero attached hydrogens (tertiary/aromatic N) is 1. The average molecular weight is 240 g/mol. The van der Waals surface area contributed by atoms with Crippen molar-refractivity contribution >= 4 is 17.4 Å². The van der Waals surface area contributed by atoms with Gasteiger partial charge in [-0.25, -0.2) is 13.8 Å². The summed E-state index contributed by atoms with van der Waals surface area (Å²) in [7, 11) is 0. The van der Waals surface area contributed by atoms with Crippen LogP contribution in [0.2, 0.25) is 5.02 Å². The van der Waals surface area contributed by atoms with Crippen molar-refractivity contribution in [3.05, 3.63) is 21.7 Å². The van der Waals surface area contributed by atoms with Crippen LogP contribution in [0.1, 0.15) is 0 Å². The number of alkyl halides is 2. The number of hydrogen-bond donors (Lipinski definition) is 3. The fourth-order valence-corrected chi connectivity index (χ4v) is 0.945. The average Bonchev–Trinajstić information content (AvgIpc) is 2.20. The molecule has 1 heterocycles. The SMILES string of the molecule is O=c1[nH]cnc(NCC(F)(F)CO)c1Cl. The Labute approximate surface area is 88.1 Å². The quantitative estimate of drug-likeness (QED) is 0.714. The second-order valence-electron chi connectivity index (χ2n) is 2.76. The van der Waals surface area contributed by atoms with Crippen LogP contribution in [0.3, 0.4) is 0 Å². The zero-order chi connectivity index (χ0) is 11.5. The zero-order valence-electron chi connectivity index (χ0n) is 7.43. The van der Waals surface area contributed by atoms with E-state index in [0.29, 0.717) is 0 Å². The molecule has 84 valence electrons. The van der Waals surface area contributed by atoms with Crippen molar-refractivity contribution in [2.75, 3.05) is 18.5 Å². The lowest BCUT2D eigenvalue weighted by atomic mass is 10.3. The van der Waals surface area contributed by atoms with Gasteiger partial charge in [-0.1, -0.05) is 11.6 Å². The molecule has 1 aromatic heterocycles. The van der Waals surface area contributed by atoms with Crippen molar-refractivity contribution in [1.29, 1.82) is 0 Å². The van der Waals surface area contributed by atoms with Gasteiger partial charge in [0.15, 0.2) is 5.82 Å². The van der Waals surface area contributed by atoms with E-state index in [1.807, 2.05) is 0 Å². The van der Waals surface area contributed by atoms with Gasteiger partial charge < -0.3 is 15.4 Å². The van der Waals surface area contributed by atoms with Crippen molar-refractivity contribution in [2.45, 2.75) is 5.92 Å². The summed E-state index contributed by atoms with van der Waals surface area (Å²) in [5.74, 6) is -3.43. The zero-order valence-corrected chi connectivity index (χ0v) is 8.18. The highest BCUT2D eigenvalue weighted by atomic mass is 35.5. The molecule has 0 saturated heterocycles. The van der Waals surface area contributed by atoms with Gasteiger partial charge in [0, 0.05) is 0 Å². The van der Waals surface area contributed by atoms with E-state index in [0.717, 1.165) is 6.33 Å². The molecular formula is C7H8ClF2N3O2. The van der Waals surface area contributed by atoms with Crippen LogP contribution in [0.15, 0.2) is 11.1 Å². The summed E-state index contributed by atoms with van der Waals surface area (Å²) >= 11 is 5.49. The molecule has 0 saturated carbocycles. The Morgan fingerprint density at radius 3 is 2.93 bits per heavy atom. The maximum absolute atomic E-state index is 12.6. The number of nitrogens with one attached hydrogen (secondary N) is 2. The van der Waals surface area contributed by atoms with Gasteiger partial charge in [0.1, 0.15) is 11.6 Å². The van der Waals surface area contributed by atoms with Gasteiger partial charge in [-0.05, 0) is 0 Å². The Morgan fingerprint density at radius 2 is 2.33 bits per heavy atom. The highest BCUT2D eigenvalue weighted by Crippen LogP contribution is 2.16. The van der Waals surface area contributed by atoms with E-state index in [-0.39, 0.29) is 10.8 Å². The minimum absolute atomic E-state index is 0.145. The fraction of sp³-hybridized carbons (Fsp3) is 0.429. The summed E-state index contributed by atoms with van der Waals surface area (Å²) in [5, 5.41) is 10.2. The number of rotatable bonds is 4. The van der Waals surface area contributed by atoms with Gasteiger partial charge in [0.05, 0.1) is 12.9 Å². The molecule has 0 unspecified atom stereocenters. The number of halogens is 3. The van der Waals surface area contributed by atoms with Crippen molar-refractivity contribution in [3.8, 4) is 0 Å². The molecule has 0 spiro atoms. The molecule has 0 aliphatic heterocycles. The molecule has 0 aromatic carbocycles. The molecule has 0 radical (unpaired) electrons. The van der Waals surface area contributed by atoms with E-state index in [1.165, 1.54) is 0 Å². The lowest BCUT2D eigenvalue weighted by Gasteiger charge is -2.14. The third-order valence-corrected chi connectivity index (χ3v) is 1.89. The van der Waals surface area contributed by atoms with Crippen LogP contribution in [-0.4, -0.2) is 34.1 Å². The van der Waals surface area contributed by atoms with Crippen LogP contribution in [0.5, 0.6) is 0 Å². The number of aliphatic hydroxyl groups is 1.